The number of benzene rings is 1. The van der Waals surface area contributed by atoms with Crippen LogP contribution in [0.25, 0.3) is 0 Å². The van der Waals surface area contributed by atoms with Crippen LogP contribution < -0.4 is 26.2 Å². The number of hydrogen-bond acceptors (Lipinski definition) is 10. The van der Waals surface area contributed by atoms with Crippen LogP contribution in [0.5, 0.6) is 0 Å². The van der Waals surface area contributed by atoms with Crippen molar-refractivity contribution in [1.29, 1.82) is 0 Å². The Morgan fingerprint density at radius 2 is 1.79 bits per heavy atom. The fourth-order valence-electron chi connectivity index (χ4n) is 7.75. The molecule has 5 saturated heterocycles. The zero-order valence-electron chi connectivity index (χ0n) is 25.6. The van der Waals surface area contributed by atoms with Gasteiger partial charge in [-0.25, -0.2) is 0 Å². The van der Waals surface area contributed by atoms with E-state index in [4.69, 9.17) is 4.74 Å². The lowest BCUT2D eigenvalue weighted by molar-refractivity contribution is -0.176. The van der Waals surface area contributed by atoms with E-state index in [0.29, 0.717) is 31.7 Å². The second-order valence-electron chi connectivity index (χ2n) is 13.1. The number of nitrogens with one attached hydrogen (secondary N) is 4. The van der Waals surface area contributed by atoms with E-state index in [1.807, 2.05) is 9.91 Å². The highest BCUT2D eigenvalue weighted by atomic mass is 16.5. The summed E-state index contributed by atoms with van der Waals surface area (Å²) in [6.45, 7) is 8.63. The maximum absolute atomic E-state index is 13.7. The molecular weight excluding hydrogens is 546 g/mol. The van der Waals surface area contributed by atoms with Crippen molar-refractivity contribution in [2.75, 3.05) is 56.6 Å². The lowest BCUT2D eigenvalue weighted by Crippen LogP contribution is -2.72. The summed E-state index contributed by atoms with van der Waals surface area (Å²) in [5, 5.41) is 18.7. The Labute approximate surface area is 254 Å². The van der Waals surface area contributed by atoms with Gasteiger partial charge in [0.1, 0.15) is 19.1 Å². The Morgan fingerprint density at radius 1 is 0.953 bits per heavy atom. The Hall–Kier alpha value is -2.74. The summed E-state index contributed by atoms with van der Waals surface area (Å²) in [7, 11) is 2.20. The number of hydrazine groups is 1. The molecule has 12 nitrogen and oxygen atoms in total. The summed E-state index contributed by atoms with van der Waals surface area (Å²) in [5.74, 6) is -0.0455. The molecule has 43 heavy (non-hydrogen) atoms. The van der Waals surface area contributed by atoms with E-state index in [1.54, 1.807) is 0 Å². The van der Waals surface area contributed by atoms with E-state index in [2.05, 4.69) is 93.4 Å². The molecule has 6 unspecified atom stereocenters. The van der Waals surface area contributed by atoms with Crippen LogP contribution in [0.2, 0.25) is 0 Å². The first-order valence-electron chi connectivity index (χ1n) is 16.1. The number of morpholine rings is 1. The SMILES string of the molecule is C[C@H]1CN(c2ccc(NC3NCC4C(=O)N5C/C=C\CCCN6C(=O)COC7CCC(NC76)N5C4N3)cc2)[C@@H](C)CN1C. The zero-order chi connectivity index (χ0) is 29.7. The third-order valence-corrected chi connectivity index (χ3v) is 10.3. The maximum atomic E-state index is 13.7. The highest BCUT2D eigenvalue weighted by molar-refractivity contribution is 5.82. The fourth-order valence-corrected chi connectivity index (χ4v) is 7.75. The molecule has 234 valence electrons. The van der Waals surface area contributed by atoms with Gasteiger partial charge in [-0.15, -0.1) is 0 Å². The molecule has 1 aromatic carbocycles. The van der Waals surface area contributed by atoms with E-state index in [1.165, 1.54) is 5.69 Å². The normalized spacial score (nSPS) is 38.2. The first-order chi connectivity index (χ1) is 20.9. The van der Waals surface area contributed by atoms with Crippen molar-refractivity contribution in [3.05, 3.63) is 36.4 Å². The number of hydrogen-bond donors (Lipinski definition) is 4. The van der Waals surface area contributed by atoms with Gasteiger partial charge >= 0.3 is 0 Å². The quantitative estimate of drug-likeness (QED) is 0.375. The standard InChI is InChI=1S/C31H47N9O3/c1-20-18-38(21(2)17-36(20)3)23-10-8-22(9-11-23)33-31-32-16-24-28(35-31)40-26-13-12-25-29(34-26)37(27(41)19-43-25)14-6-4-5-7-15-39(40)30(24)42/h5,7-11,20-21,24-26,28-29,31-35H,4,6,12-19H2,1-3H3/b7-5-/t20-,21-,24?,25?,26?,28?,29?,31?/m0/s1. The lowest BCUT2D eigenvalue weighted by atomic mass is 9.99. The molecule has 7 rings (SSSR count). The second-order valence-corrected chi connectivity index (χ2v) is 13.1. The van der Waals surface area contributed by atoms with Crippen molar-refractivity contribution in [3.63, 3.8) is 0 Å². The Morgan fingerprint density at radius 3 is 2.63 bits per heavy atom. The summed E-state index contributed by atoms with van der Waals surface area (Å²) < 4.78 is 5.95. The van der Waals surface area contributed by atoms with Gasteiger partial charge in [-0.1, -0.05) is 12.2 Å². The number of amides is 2. The third-order valence-electron chi connectivity index (χ3n) is 10.3. The minimum Gasteiger partial charge on any atom is -0.366 e. The molecule has 6 aliphatic heterocycles. The van der Waals surface area contributed by atoms with Crippen LogP contribution in [0, 0.1) is 5.92 Å². The molecule has 4 N–H and O–H groups in total. The van der Waals surface area contributed by atoms with Gasteiger partial charge in [0.05, 0.1) is 30.9 Å². The fraction of sp³-hybridized carbons (Fsp3) is 0.677. The summed E-state index contributed by atoms with van der Waals surface area (Å²) >= 11 is 0. The Kier molecular flexibility index (Phi) is 8.08. The molecule has 0 aromatic heterocycles. The van der Waals surface area contributed by atoms with E-state index in [0.717, 1.165) is 44.5 Å². The minimum absolute atomic E-state index is 0.0228. The summed E-state index contributed by atoms with van der Waals surface area (Å²) in [6, 6.07) is 9.68. The minimum atomic E-state index is -0.209. The molecule has 12 heteroatoms. The maximum Gasteiger partial charge on any atom is 0.249 e. The third kappa shape index (κ3) is 5.53. The number of anilines is 2. The molecule has 6 heterocycles. The van der Waals surface area contributed by atoms with Gasteiger partial charge in [0.15, 0.2) is 0 Å². The van der Waals surface area contributed by atoms with Crippen LogP contribution in [-0.2, 0) is 14.3 Å². The topological polar surface area (TPSA) is 108 Å². The molecule has 2 bridgehead atoms. The number of carbonyl (C=O) groups is 2. The van der Waals surface area contributed by atoms with Gasteiger partial charge in [-0.3, -0.25) is 35.4 Å². The van der Waals surface area contributed by atoms with Crippen molar-refractivity contribution in [2.45, 2.75) is 82.5 Å². The number of piperazine rings is 1. The number of likely N-dealkylation sites (N-methyl/N-ethyl adjacent to an activating group) is 1. The number of nitrogens with zero attached hydrogens (tertiary/aromatic N) is 5. The van der Waals surface area contributed by atoms with Crippen molar-refractivity contribution < 1.29 is 14.3 Å². The van der Waals surface area contributed by atoms with E-state index in [9.17, 15) is 9.59 Å². The van der Waals surface area contributed by atoms with Crippen LogP contribution in [0.1, 0.15) is 39.5 Å². The van der Waals surface area contributed by atoms with Gasteiger partial charge in [0.25, 0.3) is 0 Å². The average molecular weight is 594 g/mol. The van der Waals surface area contributed by atoms with Crippen LogP contribution >= 0.6 is 0 Å². The number of ether oxygens (including phenoxy) is 1. The Bertz CT molecular complexity index is 1210. The Balaban J connectivity index is 1.07. The summed E-state index contributed by atoms with van der Waals surface area (Å²) in [4.78, 5) is 33.5. The van der Waals surface area contributed by atoms with Crippen LogP contribution in [0.15, 0.2) is 36.4 Å². The molecule has 0 spiro atoms. The van der Waals surface area contributed by atoms with Gasteiger partial charge in [-0.2, -0.15) is 5.01 Å². The molecule has 2 amide bonds. The average Bonchev–Trinajstić information content (AvgIpc) is 3.27. The highest BCUT2D eigenvalue weighted by Gasteiger charge is 2.53. The summed E-state index contributed by atoms with van der Waals surface area (Å²) in [6.07, 6.45) is 7.00. The molecule has 0 radical (unpaired) electrons. The summed E-state index contributed by atoms with van der Waals surface area (Å²) in [5.41, 5.74) is 2.26. The molecule has 8 atom stereocenters. The van der Waals surface area contributed by atoms with Crippen molar-refractivity contribution in [3.8, 4) is 0 Å². The van der Waals surface area contributed by atoms with Crippen molar-refractivity contribution >= 4 is 23.2 Å². The number of carbonyl (C=O) groups excluding carboxylic acids is 2. The van der Waals surface area contributed by atoms with Crippen molar-refractivity contribution in [2.24, 2.45) is 5.92 Å². The van der Waals surface area contributed by atoms with Crippen LogP contribution in [0.3, 0.4) is 0 Å². The van der Waals surface area contributed by atoms with Gasteiger partial charge in [-0.05, 0) is 70.8 Å². The van der Waals surface area contributed by atoms with Gasteiger partial charge in [0, 0.05) is 49.6 Å². The second kappa shape index (κ2) is 12.0. The van der Waals surface area contributed by atoms with Crippen LogP contribution in [0.4, 0.5) is 11.4 Å². The van der Waals surface area contributed by atoms with E-state index >= 15 is 0 Å². The molecular formula is C31H47N9O3. The number of piperidine rings is 1. The molecule has 6 aliphatic rings. The van der Waals surface area contributed by atoms with E-state index in [-0.39, 0.29) is 55.2 Å². The predicted octanol–water partition coefficient (Wildman–Crippen LogP) is 0.718. The number of fused-ring (bicyclic) bond motifs is 5. The largest absolute Gasteiger partial charge is 0.366 e. The van der Waals surface area contributed by atoms with Gasteiger partial charge < -0.3 is 19.9 Å². The number of allylic oxidation sites excluding steroid dienone is 1. The van der Waals surface area contributed by atoms with Crippen LogP contribution in [-0.4, -0.2) is 121 Å². The zero-order valence-corrected chi connectivity index (χ0v) is 25.6. The van der Waals surface area contributed by atoms with E-state index < -0.39 is 0 Å². The predicted molar refractivity (Wildman–Crippen MR) is 164 cm³/mol. The first-order valence-corrected chi connectivity index (χ1v) is 16.1. The first kappa shape index (κ1) is 29.0. The van der Waals surface area contributed by atoms with Gasteiger partial charge in [0.2, 0.25) is 11.8 Å². The number of rotatable bonds is 3. The molecule has 0 saturated carbocycles. The van der Waals surface area contributed by atoms with Crippen molar-refractivity contribution in [1.82, 2.24) is 35.8 Å². The monoisotopic (exact) mass is 593 g/mol. The molecule has 5 fully saturated rings. The molecule has 0 aliphatic carbocycles. The lowest BCUT2D eigenvalue weighted by Gasteiger charge is -2.50. The smallest absolute Gasteiger partial charge is 0.249 e. The molecule has 1 aromatic rings. The highest BCUT2D eigenvalue weighted by Crippen LogP contribution is 2.34.